The van der Waals surface area contributed by atoms with E-state index in [2.05, 4.69) is 4.67 Å². The molecule has 3 unspecified atom stereocenters. The van der Waals surface area contributed by atoms with Crippen molar-refractivity contribution in [2.75, 3.05) is 12.8 Å². The second-order valence-corrected chi connectivity index (χ2v) is 7.07. The lowest BCUT2D eigenvalue weighted by Gasteiger charge is -2.16. The summed E-state index contributed by atoms with van der Waals surface area (Å²) in [6.45, 7) is 0.0975. The summed E-state index contributed by atoms with van der Waals surface area (Å²) in [4.78, 5) is 35.8. The number of allylic oxidation sites excluding steroid dienone is 4. The van der Waals surface area contributed by atoms with Crippen LogP contribution in [0.3, 0.4) is 0 Å². The van der Waals surface area contributed by atoms with Gasteiger partial charge in [-0.25, -0.2) is 4.89 Å². The Kier molecular flexibility index (Phi) is 8.19. The van der Waals surface area contributed by atoms with E-state index in [-0.39, 0.29) is 18.9 Å². The highest BCUT2D eigenvalue weighted by atomic mass is 31.2. The van der Waals surface area contributed by atoms with Crippen LogP contribution in [0.1, 0.15) is 25.7 Å². The summed E-state index contributed by atoms with van der Waals surface area (Å²) >= 11 is 0. The molecule has 0 bridgehead atoms. The fraction of sp³-hybridized carbons (Fsp3) is 0.571. The number of carboxylic acid groups (broad SMARTS) is 2. The highest BCUT2D eigenvalue weighted by Gasteiger charge is 2.31. The molecule has 0 saturated carbocycles. The molecule has 0 aromatic rings. The van der Waals surface area contributed by atoms with Gasteiger partial charge in [0.25, 0.3) is 0 Å². The quantitative estimate of drug-likeness (QED) is 0.224. The topological polar surface area (TPSA) is 130 Å². The third kappa shape index (κ3) is 8.66. The van der Waals surface area contributed by atoms with Crippen LogP contribution in [0, 0.1) is 11.8 Å². The maximum Gasteiger partial charge on any atom is 0.356 e. The summed E-state index contributed by atoms with van der Waals surface area (Å²) < 4.78 is 16.3. The Hall–Kier alpha value is -1.47. The van der Waals surface area contributed by atoms with Crippen molar-refractivity contribution < 1.29 is 38.8 Å². The fourth-order valence-corrected chi connectivity index (χ4v) is 3.26. The van der Waals surface area contributed by atoms with E-state index < -0.39 is 38.0 Å². The molecule has 0 radical (unpaired) electrons. The van der Waals surface area contributed by atoms with Gasteiger partial charge in [0, 0.05) is 6.42 Å². The van der Waals surface area contributed by atoms with E-state index in [9.17, 15) is 19.0 Å². The van der Waals surface area contributed by atoms with Crippen molar-refractivity contribution >= 4 is 19.5 Å². The fourth-order valence-electron chi connectivity index (χ4n) is 2.06. The average Bonchev–Trinajstić information content (AvgIpc) is 2.48. The van der Waals surface area contributed by atoms with Gasteiger partial charge in [0.1, 0.15) is 0 Å². The molecule has 0 aromatic heterocycles. The van der Waals surface area contributed by atoms with Crippen LogP contribution in [-0.2, 0) is 23.7 Å². The molecule has 130 valence electrons. The molecule has 9 heteroatoms. The normalized spacial score (nSPS) is 20.8. The van der Waals surface area contributed by atoms with E-state index >= 15 is 0 Å². The summed E-state index contributed by atoms with van der Waals surface area (Å²) in [7, 11) is -4.26. The highest BCUT2D eigenvalue weighted by Crippen LogP contribution is 2.45. The smallest absolute Gasteiger partial charge is 0.356 e. The Bertz CT molecular complexity index is 513. The van der Waals surface area contributed by atoms with Gasteiger partial charge >= 0.3 is 19.5 Å². The first-order valence-electron chi connectivity index (χ1n) is 7.21. The van der Waals surface area contributed by atoms with Gasteiger partial charge in [-0.2, -0.15) is 0 Å². The molecule has 0 spiro atoms. The third-order valence-corrected chi connectivity index (χ3v) is 4.56. The van der Waals surface area contributed by atoms with E-state index in [0.717, 1.165) is 6.42 Å². The van der Waals surface area contributed by atoms with Gasteiger partial charge in [0.15, 0.2) is 0 Å². The average molecular weight is 348 g/mol. The zero-order valence-corrected chi connectivity index (χ0v) is 13.4. The van der Waals surface area contributed by atoms with E-state index in [4.69, 9.17) is 15.1 Å². The van der Waals surface area contributed by atoms with Gasteiger partial charge in [-0.1, -0.05) is 24.3 Å². The van der Waals surface area contributed by atoms with Crippen LogP contribution in [0.4, 0.5) is 0 Å². The lowest BCUT2D eigenvalue weighted by atomic mass is 9.98. The van der Waals surface area contributed by atoms with Crippen molar-refractivity contribution in [3.63, 3.8) is 0 Å². The molecular formula is C14H21O8P. The summed E-state index contributed by atoms with van der Waals surface area (Å²) in [5, 5.41) is 17.5. The highest BCUT2D eigenvalue weighted by molar-refractivity contribution is 7.52. The summed E-state index contributed by atoms with van der Waals surface area (Å²) in [6, 6.07) is 0. The second-order valence-electron chi connectivity index (χ2n) is 5.28. The van der Waals surface area contributed by atoms with Gasteiger partial charge in [0.05, 0.1) is 18.7 Å². The van der Waals surface area contributed by atoms with Crippen LogP contribution in [0.5, 0.6) is 0 Å². The molecule has 8 nitrogen and oxygen atoms in total. The molecule has 0 aliphatic heterocycles. The number of carbonyl (C=O) groups is 2. The van der Waals surface area contributed by atoms with Crippen LogP contribution < -0.4 is 0 Å². The van der Waals surface area contributed by atoms with E-state index in [1.807, 2.05) is 24.3 Å². The summed E-state index contributed by atoms with van der Waals surface area (Å²) in [5.41, 5.74) is 0. The van der Waals surface area contributed by atoms with Crippen LogP contribution >= 0.6 is 7.60 Å². The maximum atomic E-state index is 11.8. The lowest BCUT2D eigenvalue weighted by molar-refractivity contribution is -0.215. The Morgan fingerprint density at radius 3 is 2.61 bits per heavy atom. The van der Waals surface area contributed by atoms with Crippen LogP contribution in [0.2, 0.25) is 0 Å². The largest absolute Gasteiger partial charge is 0.481 e. The van der Waals surface area contributed by atoms with Crippen molar-refractivity contribution in [1.82, 2.24) is 0 Å². The summed E-state index contributed by atoms with van der Waals surface area (Å²) in [6.07, 6.45) is 7.94. The Balaban J connectivity index is 2.33. The van der Waals surface area contributed by atoms with Crippen LogP contribution in [0.15, 0.2) is 24.3 Å². The second kappa shape index (κ2) is 9.62. The van der Waals surface area contributed by atoms with E-state index in [1.165, 1.54) is 0 Å². The predicted molar refractivity (Wildman–Crippen MR) is 80.7 cm³/mol. The van der Waals surface area contributed by atoms with E-state index in [0.29, 0.717) is 6.42 Å². The number of aliphatic carboxylic acids is 2. The molecule has 3 atom stereocenters. The first-order valence-corrected chi connectivity index (χ1v) is 8.97. The molecule has 1 aliphatic rings. The van der Waals surface area contributed by atoms with Crippen molar-refractivity contribution in [2.45, 2.75) is 25.7 Å². The van der Waals surface area contributed by atoms with Crippen LogP contribution in [0.25, 0.3) is 0 Å². The summed E-state index contributed by atoms with van der Waals surface area (Å²) in [5.74, 6) is -3.53. The zero-order valence-electron chi connectivity index (χ0n) is 12.5. The first-order chi connectivity index (χ1) is 10.8. The molecule has 1 rings (SSSR count). The minimum atomic E-state index is -4.26. The van der Waals surface area contributed by atoms with E-state index in [1.54, 1.807) is 0 Å². The molecule has 1 aliphatic carbocycles. The Labute approximate surface area is 133 Å². The molecule has 0 fully saturated rings. The molecular weight excluding hydrogens is 327 g/mol. The number of hydrogen-bond donors (Lipinski definition) is 3. The minimum absolute atomic E-state index is 0.0975. The van der Waals surface area contributed by atoms with Gasteiger partial charge in [-0.15, -0.1) is 4.67 Å². The molecule has 23 heavy (non-hydrogen) atoms. The van der Waals surface area contributed by atoms with Gasteiger partial charge in [0.2, 0.25) is 0 Å². The Morgan fingerprint density at radius 1 is 1.30 bits per heavy atom. The van der Waals surface area contributed by atoms with Gasteiger partial charge in [-0.3, -0.25) is 14.2 Å². The predicted octanol–water partition coefficient (Wildman–Crippen LogP) is 2.21. The zero-order chi connectivity index (χ0) is 17.3. The third-order valence-electron chi connectivity index (χ3n) is 3.32. The van der Waals surface area contributed by atoms with Crippen molar-refractivity contribution in [2.24, 2.45) is 11.8 Å². The van der Waals surface area contributed by atoms with Gasteiger partial charge in [-0.05, 0) is 25.2 Å². The van der Waals surface area contributed by atoms with Crippen molar-refractivity contribution in [3.8, 4) is 0 Å². The van der Waals surface area contributed by atoms with Crippen molar-refractivity contribution in [3.05, 3.63) is 24.3 Å². The van der Waals surface area contributed by atoms with Crippen LogP contribution in [-0.4, -0.2) is 39.8 Å². The molecule has 0 amide bonds. The van der Waals surface area contributed by atoms with Gasteiger partial charge < -0.3 is 15.1 Å². The standard InChI is InChI=1S/C14H21O8P/c15-13(16)7-6-12(14(17)18)10-23(19,20)22-21-9-8-11-4-2-1-3-5-11/h1-4,11-12H,5-10H2,(H,15,16)(H,17,18)(H,19,20). The maximum absolute atomic E-state index is 11.8. The lowest BCUT2D eigenvalue weighted by Crippen LogP contribution is -2.20. The number of carboxylic acids is 2. The molecule has 3 N–H and O–H groups in total. The molecule has 0 aromatic carbocycles. The monoisotopic (exact) mass is 348 g/mol. The number of rotatable bonds is 11. The van der Waals surface area contributed by atoms with Crippen molar-refractivity contribution in [1.29, 1.82) is 0 Å². The SMILES string of the molecule is O=C(O)CCC(CP(=O)(O)OOCCC1C=CC=CC1)C(=O)O. The minimum Gasteiger partial charge on any atom is -0.481 e. The molecule has 0 heterocycles. The Morgan fingerprint density at radius 2 is 2.04 bits per heavy atom. The first kappa shape index (κ1) is 19.6. The number of hydrogen-bond acceptors (Lipinski definition) is 5. The molecule has 0 saturated heterocycles.